The third kappa shape index (κ3) is 2.45. The number of carbonyl (C=O) groups excluding carboxylic acids is 1. The number of aromatic nitrogens is 2. The summed E-state index contributed by atoms with van der Waals surface area (Å²) in [6.45, 7) is 1.96. The van der Waals surface area contributed by atoms with E-state index in [1.165, 1.54) is 0 Å². The van der Waals surface area contributed by atoms with Gasteiger partial charge in [0.2, 0.25) is 0 Å². The number of rotatable bonds is 3. The highest BCUT2D eigenvalue weighted by molar-refractivity contribution is 6.08. The van der Waals surface area contributed by atoms with Crippen molar-refractivity contribution in [1.29, 1.82) is 0 Å². The summed E-state index contributed by atoms with van der Waals surface area (Å²) in [4.78, 5) is 16.7. The lowest BCUT2D eigenvalue weighted by Crippen LogP contribution is -2.14. The maximum atomic E-state index is 12.5. The van der Waals surface area contributed by atoms with Crippen LogP contribution in [-0.4, -0.2) is 22.4 Å². The minimum atomic E-state index is -0.212. The summed E-state index contributed by atoms with van der Waals surface area (Å²) < 4.78 is 7.08. The van der Waals surface area contributed by atoms with Crippen molar-refractivity contribution in [2.75, 3.05) is 12.4 Å². The molecule has 0 radical (unpaired) electrons. The molecule has 2 heterocycles. The predicted octanol–water partition coefficient (Wildman–Crippen LogP) is 2.90. The van der Waals surface area contributed by atoms with Gasteiger partial charge in [0.05, 0.1) is 18.4 Å². The zero-order valence-corrected chi connectivity index (χ0v) is 11.8. The molecule has 0 aliphatic heterocycles. The van der Waals surface area contributed by atoms with E-state index >= 15 is 0 Å². The number of amides is 1. The van der Waals surface area contributed by atoms with Gasteiger partial charge in [-0.3, -0.25) is 4.79 Å². The molecule has 0 saturated carbocycles. The molecule has 0 aliphatic rings. The number of nitrogens with one attached hydrogen (secondary N) is 1. The molecule has 0 saturated heterocycles. The second-order valence-electron chi connectivity index (χ2n) is 4.74. The molecule has 106 valence electrons. The minimum Gasteiger partial charge on any atom is -0.495 e. The molecule has 0 unspecified atom stereocenters. The van der Waals surface area contributed by atoms with Crippen LogP contribution in [0.4, 0.5) is 5.69 Å². The first kappa shape index (κ1) is 13.2. The smallest absolute Gasteiger partial charge is 0.259 e. The molecule has 0 spiro atoms. The topological polar surface area (TPSA) is 55.6 Å². The van der Waals surface area contributed by atoms with E-state index in [0.717, 1.165) is 5.56 Å². The number of imidazole rings is 1. The average Bonchev–Trinajstić information content (AvgIpc) is 2.95. The number of hydrogen-bond donors (Lipinski definition) is 1. The number of nitrogens with zero attached hydrogens (tertiary/aromatic N) is 2. The monoisotopic (exact) mass is 281 g/mol. The number of aryl methyl sites for hydroxylation is 1. The van der Waals surface area contributed by atoms with Crippen molar-refractivity contribution in [2.24, 2.45) is 0 Å². The lowest BCUT2D eigenvalue weighted by atomic mass is 10.2. The lowest BCUT2D eigenvalue weighted by Gasteiger charge is -2.11. The van der Waals surface area contributed by atoms with Gasteiger partial charge >= 0.3 is 0 Å². The second kappa shape index (κ2) is 5.28. The van der Waals surface area contributed by atoms with Crippen LogP contribution in [0.15, 0.2) is 48.9 Å². The van der Waals surface area contributed by atoms with Gasteiger partial charge < -0.3 is 14.5 Å². The summed E-state index contributed by atoms with van der Waals surface area (Å²) in [6, 6.07) is 9.21. The molecule has 5 heteroatoms. The first-order chi connectivity index (χ1) is 10.2. The fourth-order valence-corrected chi connectivity index (χ4v) is 2.23. The molecule has 5 nitrogen and oxygen atoms in total. The van der Waals surface area contributed by atoms with Crippen LogP contribution in [0.2, 0.25) is 0 Å². The Labute approximate surface area is 122 Å². The van der Waals surface area contributed by atoms with Crippen LogP contribution in [0.5, 0.6) is 5.75 Å². The number of carbonyl (C=O) groups is 1. The SMILES string of the molecule is COc1ccc(C)cc1NC(=O)c1cccn2ccnc12. The molecule has 1 N–H and O–H groups in total. The minimum absolute atomic E-state index is 0.212. The Morgan fingerprint density at radius 3 is 2.95 bits per heavy atom. The summed E-state index contributed by atoms with van der Waals surface area (Å²) in [6.07, 6.45) is 5.32. The highest BCUT2D eigenvalue weighted by Gasteiger charge is 2.13. The van der Waals surface area contributed by atoms with Gasteiger partial charge in [-0.05, 0) is 36.8 Å². The van der Waals surface area contributed by atoms with Crippen LogP contribution < -0.4 is 10.1 Å². The van der Waals surface area contributed by atoms with Gasteiger partial charge in [0.15, 0.2) is 0 Å². The number of hydrogen-bond acceptors (Lipinski definition) is 3. The van der Waals surface area contributed by atoms with Gasteiger partial charge in [0.1, 0.15) is 11.4 Å². The van der Waals surface area contributed by atoms with Crippen molar-refractivity contribution in [2.45, 2.75) is 6.92 Å². The van der Waals surface area contributed by atoms with Gasteiger partial charge in [-0.1, -0.05) is 6.07 Å². The van der Waals surface area contributed by atoms with E-state index < -0.39 is 0 Å². The molecule has 3 aromatic rings. The third-order valence-corrected chi connectivity index (χ3v) is 3.27. The third-order valence-electron chi connectivity index (χ3n) is 3.27. The fourth-order valence-electron chi connectivity index (χ4n) is 2.23. The molecular weight excluding hydrogens is 266 g/mol. The van der Waals surface area contributed by atoms with Crippen LogP contribution in [0.1, 0.15) is 15.9 Å². The molecule has 0 aliphatic carbocycles. The van der Waals surface area contributed by atoms with E-state index in [1.807, 2.05) is 41.8 Å². The number of pyridine rings is 1. The van der Waals surface area contributed by atoms with Crippen molar-refractivity contribution in [3.63, 3.8) is 0 Å². The van der Waals surface area contributed by atoms with E-state index in [9.17, 15) is 4.79 Å². The molecule has 1 aromatic carbocycles. The number of benzene rings is 1. The number of anilines is 1. The van der Waals surface area contributed by atoms with Gasteiger partial charge in [0, 0.05) is 18.6 Å². The Bertz CT molecular complexity index is 808. The quantitative estimate of drug-likeness (QED) is 0.803. The maximum absolute atomic E-state index is 12.5. The molecular formula is C16H15N3O2. The van der Waals surface area contributed by atoms with Gasteiger partial charge in [0.25, 0.3) is 5.91 Å². The fraction of sp³-hybridized carbons (Fsp3) is 0.125. The number of ether oxygens (including phenoxy) is 1. The Balaban J connectivity index is 1.97. The number of fused-ring (bicyclic) bond motifs is 1. The summed E-state index contributed by atoms with van der Waals surface area (Å²) in [5.41, 5.74) is 2.84. The Morgan fingerprint density at radius 2 is 2.14 bits per heavy atom. The van der Waals surface area contributed by atoms with Crippen LogP contribution in [-0.2, 0) is 0 Å². The maximum Gasteiger partial charge on any atom is 0.259 e. The van der Waals surface area contributed by atoms with E-state index in [4.69, 9.17) is 4.74 Å². The zero-order chi connectivity index (χ0) is 14.8. The van der Waals surface area contributed by atoms with Gasteiger partial charge in [-0.25, -0.2) is 4.98 Å². The van der Waals surface area contributed by atoms with Gasteiger partial charge in [-0.2, -0.15) is 0 Å². The van der Waals surface area contributed by atoms with E-state index in [0.29, 0.717) is 22.6 Å². The van der Waals surface area contributed by atoms with Gasteiger partial charge in [-0.15, -0.1) is 0 Å². The van der Waals surface area contributed by atoms with Crippen LogP contribution >= 0.6 is 0 Å². The molecule has 0 atom stereocenters. The second-order valence-corrected chi connectivity index (χ2v) is 4.74. The molecule has 21 heavy (non-hydrogen) atoms. The zero-order valence-electron chi connectivity index (χ0n) is 11.8. The normalized spacial score (nSPS) is 10.6. The Morgan fingerprint density at radius 1 is 1.29 bits per heavy atom. The number of methoxy groups -OCH3 is 1. The standard InChI is InChI=1S/C16H15N3O2/c1-11-5-6-14(21-2)13(10-11)18-16(20)12-4-3-8-19-9-7-17-15(12)19/h3-10H,1-2H3,(H,18,20). The Hall–Kier alpha value is -2.82. The summed E-state index contributed by atoms with van der Waals surface area (Å²) in [7, 11) is 1.58. The van der Waals surface area contributed by atoms with E-state index in [2.05, 4.69) is 10.3 Å². The van der Waals surface area contributed by atoms with E-state index in [1.54, 1.807) is 25.6 Å². The molecule has 0 fully saturated rings. The van der Waals surface area contributed by atoms with Crippen molar-refractivity contribution in [3.8, 4) is 5.75 Å². The largest absolute Gasteiger partial charge is 0.495 e. The first-order valence-corrected chi connectivity index (χ1v) is 6.57. The van der Waals surface area contributed by atoms with Crippen LogP contribution in [0.3, 0.4) is 0 Å². The molecule has 1 amide bonds. The summed E-state index contributed by atoms with van der Waals surface area (Å²) >= 11 is 0. The van der Waals surface area contributed by atoms with Crippen molar-refractivity contribution < 1.29 is 9.53 Å². The van der Waals surface area contributed by atoms with E-state index in [-0.39, 0.29) is 5.91 Å². The Kier molecular flexibility index (Phi) is 3.31. The molecule has 2 aromatic heterocycles. The summed E-state index contributed by atoms with van der Waals surface area (Å²) in [5.74, 6) is 0.417. The molecule has 3 rings (SSSR count). The van der Waals surface area contributed by atoms with Crippen molar-refractivity contribution in [3.05, 3.63) is 60.0 Å². The highest BCUT2D eigenvalue weighted by atomic mass is 16.5. The van der Waals surface area contributed by atoms with Crippen LogP contribution in [0, 0.1) is 6.92 Å². The first-order valence-electron chi connectivity index (χ1n) is 6.57. The van der Waals surface area contributed by atoms with Crippen molar-refractivity contribution >= 4 is 17.2 Å². The molecule has 0 bridgehead atoms. The predicted molar refractivity (Wildman–Crippen MR) is 80.9 cm³/mol. The summed E-state index contributed by atoms with van der Waals surface area (Å²) in [5, 5.41) is 2.88. The average molecular weight is 281 g/mol. The van der Waals surface area contributed by atoms with Crippen LogP contribution in [0.25, 0.3) is 5.65 Å². The van der Waals surface area contributed by atoms with Crippen molar-refractivity contribution in [1.82, 2.24) is 9.38 Å². The lowest BCUT2D eigenvalue weighted by molar-refractivity contribution is 0.102. The highest BCUT2D eigenvalue weighted by Crippen LogP contribution is 2.26.